The van der Waals surface area contributed by atoms with Gasteiger partial charge in [0.15, 0.2) is 0 Å². The average Bonchev–Trinajstić information content (AvgIpc) is 2.03. The van der Waals surface area contributed by atoms with Crippen LogP contribution >= 0.6 is 23.5 Å². The normalized spacial score (nSPS) is 9.18. The molecule has 0 aliphatic rings. The molecule has 0 aliphatic heterocycles. The van der Waals surface area contributed by atoms with E-state index in [0.717, 1.165) is 16.8 Å². The van der Waals surface area contributed by atoms with Crippen LogP contribution in [0.4, 0.5) is 0 Å². The molecule has 0 bridgehead atoms. The van der Waals surface area contributed by atoms with Crippen molar-refractivity contribution in [3.63, 3.8) is 0 Å². The second-order valence-corrected chi connectivity index (χ2v) is 2.99. The molecule has 1 aromatic rings. The average molecular weight is 187 g/mol. The van der Waals surface area contributed by atoms with E-state index in [1.807, 2.05) is 18.2 Å². The minimum absolute atomic E-state index is 0.625. The molecule has 57 valence electrons. The van der Waals surface area contributed by atoms with Gasteiger partial charge in [0.2, 0.25) is 0 Å². The molecule has 2 nitrogen and oxygen atoms in total. The van der Waals surface area contributed by atoms with Crippen LogP contribution < -0.4 is 4.72 Å². The molecule has 0 heterocycles. The summed E-state index contributed by atoms with van der Waals surface area (Å²) in [5, 5.41) is 0.625. The molecule has 0 saturated carbocycles. The third-order valence-electron chi connectivity index (χ3n) is 1.04. The highest BCUT2D eigenvalue weighted by Crippen LogP contribution is 2.23. The maximum Gasteiger partial charge on any atom is 0.320 e. The van der Waals surface area contributed by atoms with E-state index in [2.05, 4.69) is 4.72 Å². The molecule has 1 amide bonds. The van der Waals surface area contributed by atoms with E-state index in [9.17, 15) is 4.79 Å². The van der Waals surface area contributed by atoms with Crippen LogP contribution in [-0.4, -0.2) is 6.41 Å². The van der Waals surface area contributed by atoms with Gasteiger partial charge in [0.05, 0.1) is 5.02 Å². The van der Waals surface area contributed by atoms with Gasteiger partial charge >= 0.3 is 6.41 Å². The van der Waals surface area contributed by atoms with Crippen LogP contribution in [0.1, 0.15) is 0 Å². The van der Waals surface area contributed by atoms with Crippen molar-refractivity contribution in [3.8, 4) is 0 Å². The van der Waals surface area contributed by atoms with Gasteiger partial charge in [-0.25, -0.2) is 0 Å². The van der Waals surface area contributed by atoms with Crippen molar-refractivity contribution < 1.29 is 4.79 Å². The van der Waals surface area contributed by atoms with Crippen molar-refractivity contribution in [2.45, 2.75) is 4.90 Å². The second kappa shape index (κ2) is 4.26. The predicted molar refractivity (Wildman–Crippen MR) is 46.1 cm³/mol. The van der Waals surface area contributed by atoms with Gasteiger partial charge in [0.1, 0.15) is 0 Å². The molecule has 0 fully saturated rings. The highest BCUT2D eigenvalue weighted by molar-refractivity contribution is 7.98. The Labute approximate surface area is 74.1 Å². The first-order valence-electron chi connectivity index (χ1n) is 2.88. The third-order valence-corrected chi connectivity index (χ3v) is 2.24. The minimum atomic E-state index is 0.625. The Kier molecular flexibility index (Phi) is 3.26. The third kappa shape index (κ3) is 2.44. The number of carbonyl (C=O) groups excluding carboxylic acids is 1. The van der Waals surface area contributed by atoms with Crippen LogP contribution in [0.2, 0.25) is 5.02 Å². The zero-order chi connectivity index (χ0) is 8.10. The smallest absolute Gasteiger partial charge is 0.288 e. The zero-order valence-electron chi connectivity index (χ0n) is 5.50. The Bertz CT molecular complexity index is 254. The molecule has 1 aromatic carbocycles. The van der Waals surface area contributed by atoms with Gasteiger partial charge in [-0.15, -0.1) is 0 Å². The first-order valence-corrected chi connectivity index (χ1v) is 4.07. The van der Waals surface area contributed by atoms with Gasteiger partial charge in [-0.1, -0.05) is 23.7 Å². The van der Waals surface area contributed by atoms with Gasteiger partial charge < -0.3 is 0 Å². The molecule has 1 N–H and O–H groups in total. The number of benzene rings is 1. The molecule has 11 heavy (non-hydrogen) atoms. The highest BCUT2D eigenvalue weighted by atomic mass is 35.5. The SMILES string of the molecule is O=[C]NSc1ccccc1Cl. The summed E-state index contributed by atoms with van der Waals surface area (Å²) in [6.45, 7) is 0. The molecule has 1 rings (SSSR count). The summed E-state index contributed by atoms with van der Waals surface area (Å²) in [6, 6.07) is 7.26. The van der Waals surface area contributed by atoms with Gasteiger partial charge in [0, 0.05) is 4.90 Å². The monoisotopic (exact) mass is 186 g/mol. The minimum Gasteiger partial charge on any atom is -0.288 e. The van der Waals surface area contributed by atoms with E-state index in [-0.39, 0.29) is 0 Å². The number of nitrogens with one attached hydrogen (secondary N) is 1. The molecule has 0 unspecified atom stereocenters. The molecule has 0 saturated heterocycles. The molecular weight excluding hydrogens is 182 g/mol. The summed E-state index contributed by atoms with van der Waals surface area (Å²) in [5.41, 5.74) is 0. The lowest BCUT2D eigenvalue weighted by Gasteiger charge is -1.98. The Morgan fingerprint density at radius 3 is 2.82 bits per heavy atom. The molecule has 0 spiro atoms. The molecule has 0 atom stereocenters. The van der Waals surface area contributed by atoms with Crippen LogP contribution in [0.5, 0.6) is 0 Å². The maximum absolute atomic E-state index is 9.79. The van der Waals surface area contributed by atoms with Crippen molar-refractivity contribution in [2.24, 2.45) is 0 Å². The predicted octanol–water partition coefficient (Wildman–Crippen LogP) is 2.00. The zero-order valence-corrected chi connectivity index (χ0v) is 7.08. The summed E-state index contributed by atoms with van der Waals surface area (Å²) < 4.78 is 2.33. The first-order chi connectivity index (χ1) is 5.34. The van der Waals surface area contributed by atoms with Crippen LogP contribution in [0.25, 0.3) is 0 Å². The van der Waals surface area contributed by atoms with Crippen molar-refractivity contribution in [3.05, 3.63) is 29.3 Å². The standard InChI is InChI=1S/C7H5ClNOS/c8-6-3-1-2-4-7(6)11-9-5-10/h1-4H,(H,9,10). The van der Waals surface area contributed by atoms with Crippen LogP contribution in [0.3, 0.4) is 0 Å². The number of amides is 1. The second-order valence-electron chi connectivity index (χ2n) is 1.74. The van der Waals surface area contributed by atoms with Crippen molar-refractivity contribution in [1.29, 1.82) is 0 Å². The lowest BCUT2D eigenvalue weighted by Crippen LogP contribution is -1.96. The molecule has 4 heteroatoms. The van der Waals surface area contributed by atoms with E-state index >= 15 is 0 Å². The fourth-order valence-electron chi connectivity index (χ4n) is 0.603. The summed E-state index contributed by atoms with van der Waals surface area (Å²) >= 11 is 6.91. The number of halogens is 1. The van der Waals surface area contributed by atoms with Crippen LogP contribution in [0, 0.1) is 0 Å². The Hall–Kier alpha value is -0.670. The quantitative estimate of drug-likeness (QED) is 0.578. The van der Waals surface area contributed by atoms with E-state index < -0.39 is 0 Å². The Morgan fingerprint density at radius 1 is 1.45 bits per heavy atom. The Morgan fingerprint density at radius 2 is 2.18 bits per heavy atom. The van der Waals surface area contributed by atoms with Gasteiger partial charge in [-0.3, -0.25) is 9.52 Å². The van der Waals surface area contributed by atoms with Crippen molar-refractivity contribution in [2.75, 3.05) is 0 Å². The molecule has 1 radical (unpaired) electrons. The van der Waals surface area contributed by atoms with Crippen molar-refractivity contribution >= 4 is 30.0 Å². The summed E-state index contributed by atoms with van der Waals surface area (Å²) in [6.07, 6.45) is 1.55. The van der Waals surface area contributed by atoms with Crippen molar-refractivity contribution in [1.82, 2.24) is 4.72 Å². The molecule has 0 aromatic heterocycles. The van der Waals surface area contributed by atoms with Crippen LogP contribution in [0.15, 0.2) is 29.2 Å². The van der Waals surface area contributed by atoms with E-state index in [0.29, 0.717) is 5.02 Å². The highest BCUT2D eigenvalue weighted by Gasteiger charge is 1.97. The number of hydrogen-bond acceptors (Lipinski definition) is 2. The van der Waals surface area contributed by atoms with Crippen LogP contribution in [-0.2, 0) is 4.79 Å². The maximum atomic E-state index is 9.79. The van der Waals surface area contributed by atoms with E-state index in [4.69, 9.17) is 11.6 Å². The molecule has 0 aliphatic carbocycles. The fraction of sp³-hybridized carbons (Fsp3) is 0. The number of hydrogen-bond donors (Lipinski definition) is 1. The van der Waals surface area contributed by atoms with Gasteiger partial charge in [0.25, 0.3) is 0 Å². The fourth-order valence-corrected chi connectivity index (χ4v) is 1.32. The molecular formula is C7H5ClNOS. The van der Waals surface area contributed by atoms with Gasteiger partial charge in [-0.05, 0) is 24.1 Å². The van der Waals surface area contributed by atoms with E-state index in [1.54, 1.807) is 12.5 Å². The summed E-state index contributed by atoms with van der Waals surface area (Å²) in [5.74, 6) is 0. The van der Waals surface area contributed by atoms with Gasteiger partial charge in [-0.2, -0.15) is 0 Å². The lowest BCUT2D eigenvalue weighted by atomic mass is 10.4. The first kappa shape index (κ1) is 8.43. The largest absolute Gasteiger partial charge is 0.320 e. The summed E-state index contributed by atoms with van der Waals surface area (Å²) in [7, 11) is 0. The topological polar surface area (TPSA) is 29.1 Å². The summed E-state index contributed by atoms with van der Waals surface area (Å²) in [4.78, 5) is 10.6. The lowest BCUT2D eigenvalue weighted by molar-refractivity contribution is 0.554. The number of rotatable bonds is 3. The van der Waals surface area contributed by atoms with E-state index in [1.165, 1.54) is 0 Å². The Balaban J connectivity index is 2.69.